The molecule has 0 unspecified atom stereocenters. The SMILES string of the molecule is C\C=C(/C=C\C(CCC)=C(\N)C=O)c1cn(CC)nc1C. The molecule has 1 aromatic rings. The Morgan fingerprint density at radius 1 is 1.38 bits per heavy atom. The molecule has 0 aliphatic rings. The first-order chi connectivity index (χ1) is 10.1. The lowest BCUT2D eigenvalue weighted by Crippen LogP contribution is -2.02. The highest BCUT2D eigenvalue weighted by Gasteiger charge is 2.07. The van der Waals surface area contributed by atoms with E-state index in [0.717, 1.165) is 41.8 Å². The van der Waals surface area contributed by atoms with Crippen molar-refractivity contribution in [1.82, 2.24) is 9.78 Å². The van der Waals surface area contributed by atoms with E-state index in [-0.39, 0.29) is 0 Å². The summed E-state index contributed by atoms with van der Waals surface area (Å²) in [5.74, 6) is 0. The van der Waals surface area contributed by atoms with Crippen molar-refractivity contribution in [2.75, 3.05) is 0 Å². The molecular weight excluding hydrogens is 262 g/mol. The molecular formula is C17H25N3O. The van der Waals surface area contributed by atoms with Crippen LogP contribution < -0.4 is 5.73 Å². The van der Waals surface area contributed by atoms with Crippen molar-refractivity contribution in [2.45, 2.75) is 47.1 Å². The normalized spacial score (nSPS) is 13.6. The predicted molar refractivity (Wildman–Crippen MR) is 87.6 cm³/mol. The topological polar surface area (TPSA) is 60.9 Å². The number of aryl methyl sites for hydroxylation is 2. The minimum Gasteiger partial charge on any atom is -0.396 e. The maximum absolute atomic E-state index is 10.9. The lowest BCUT2D eigenvalue weighted by atomic mass is 10.0. The second kappa shape index (κ2) is 8.25. The Morgan fingerprint density at radius 2 is 2.10 bits per heavy atom. The summed E-state index contributed by atoms with van der Waals surface area (Å²) in [4.78, 5) is 10.9. The van der Waals surface area contributed by atoms with Gasteiger partial charge in [-0.3, -0.25) is 9.48 Å². The fourth-order valence-electron chi connectivity index (χ4n) is 2.16. The lowest BCUT2D eigenvalue weighted by molar-refractivity contribution is -0.105. The van der Waals surface area contributed by atoms with E-state index in [1.807, 2.05) is 43.0 Å². The third-order valence-corrected chi connectivity index (χ3v) is 3.37. The molecule has 114 valence electrons. The van der Waals surface area contributed by atoms with Crippen molar-refractivity contribution in [3.05, 3.63) is 47.0 Å². The molecule has 1 rings (SSSR count). The molecule has 2 N–H and O–H groups in total. The smallest absolute Gasteiger partial charge is 0.165 e. The van der Waals surface area contributed by atoms with Crippen molar-refractivity contribution in [1.29, 1.82) is 0 Å². The number of aromatic nitrogens is 2. The van der Waals surface area contributed by atoms with Gasteiger partial charge in [-0.15, -0.1) is 0 Å². The van der Waals surface area contributed by atoms with Crippen LogP contribution in [0.1, 0.15) is 44.9 Å². The Kier molecular flexibility index (Phi) is 6.66. The van der Waals surface area contributed by atoms with Gasteiger partial charge in [0.25, 0.3) is 0 Å². The second-order valence-corrected chi connectivity index (χ2v) is 4.91. The van der Waals surface area contributed by atoms with Crippen molar-refractivity contribution in [2.24, 2.45) is 5.73 Å². The van der Waals surface area contributed by atoms with Crippen molar-refractivity contribution in [3.63, 3.8) is 0 Å². The van der Waals surface area contributed by atoms with Gasteiger partial charge in [-0.1, -0.05) is 31.6 Å². The molecule has 0 aliphatic heterocycles. The first-order valence-electron chi connectivity index (χ1n) is 7.39. The van der Waals surface area contributed by atoms with Gasteiger partial charge in [-0.05, 0) is 38.3 Å². The molecule has 0 saturated heterocycles. The number of aldehydes is 1. The predicted octanol–water partition coefficient (Wildman–Crippen LogP) is 3.38. The van der Waals surface area contributed by atoms with Crippen molar-refractivity contribution in [3.8, 4) is 0 Å². The summed E-state index contributed by atoms with van der Waals surface area (Å²) < 4.78 is 1.92. The highest BCUT2D eigenvalue weighted by Crippen LogP contribution is 2.21. The van der Waals surface area contributed by atoms with Crippen LogP contribution in [0.15, 0.2) is 35.7 Å². The molecule has 0 amide bonds. The minimum atomic E-state index is 0.310. The molecule has 4 heteroatoms. The Bertz CT molecular complexity index is 577. The average Bonchev–Trinajstić information content (AvgIpc) is 2.87. The molecule has 0 bridgehead atoms. The van der Waals surface area contributed by atoms with Gasteiger partial charge in [-0.2, -0.15) is 5.10 Å². The van der Waals surface area contributed by atoms with Crippen LogP contribution in [0.2, 0.25) is 0 Å². The first-order valence-corrected chi connectivity index (χ1v) is 7.39. The largest absolute Gasteiger partial charge is 0.396 e. The summed E-state index contributed by atoms with van der Waals surface area (Å²) in [5.41, 5.74) is 10.1. The van der Waals surface area contributed by atoms with Gasteiger partial charge in [0.05, 0.1) is 11.4 Å². The van der Waals surface area contributed by atoms with E-state index < -0.39 is 0 Å². The van der Waals surface area contributed by atoms with E-state index in [2.05, 4.69) is 18.9 Å². The van der Waals surface area contributed by atoms with Gasteiger partial charge < -0.3 is 5.73 Å². The number of rotatable bonds is 7. The summed E-state index contributed by atoms with van der Waals surface area (Å²) in [5, 5.41) is 4.46. The Hall–Kier alpha value is -2.10. The van der Waals surface area contributed by atoms with Crippen LogP contribution in [0.25, 0.3) is 5.57 Å². The van der Waals surface area contributed by atoms with Crippen LogP contribution in [0.5, 0.6) is 0 Å². The molecule has 0 spiro atoms. The van der Waals surface area contributed by atoms with Gasteiger partial charge in [0.1, 0.15) is 0 Å². The van der Waals surface area contributed by atoms with Gasteiger partial charge >= 0.3 is 0 Å². The van der Waals surface area contributed by atoms with Crippen LogP contribution in [-0.4, -0.2) is 16.1 Å². The Balaban J connectivity index is 3.09. The fourth-order valence-corrected chi connectivity index (χ4v) is 2.16. The number of allylic oxidation sites excluding steroid dienone is 6. The molecule has 0 aliphatic carbocycles. The number of hydrogen-bond acceptors (Lipinski definition) is 3. The zero-order chi connectivity index (χ0) is 15.8. The quantitative estimate of drug-likeness (QED) is 0.475. The van der Waals surface area contributed by atoms with Crippen LogP contribution in [0.4, 0.5) is 0 Å². The van der Waals surface area contributed by atoms with Gasteiger partial charge in [-0.25, -0.2) is 0 Å². The molecule has 0 atom stereocenters. The van der Waals surface area contributed by atoms with Gasteiger partial charge in [0.2, 0.25) is 0 Å². The lowest BCUT2D eigenvalue weighted by Gasteiger charge is -2.03. The molecule has 4 nitrogen and oxygen atoms in total. The summed E-state index contributed by atoms with van der Waals surface area (Å²) in [6.07, 6.45) is 10.5. The number of hydrogen-bond donors (Lipinski definition) is 1. The summed E-state index contributed by atoms with van der Waals surface area (Å²) >= 11 is 0. The zero-order valence-corrected chi connectivity index (χ0v) is 13.4. The number of carbonyl (C=O) groups excluding carboxylic acids is 1. The summed E-state index contributed by atoms with van der Waals surface area (Å²) in [6.45, 7) is 8.98. The Morgan fingerprint density at radius 3 is 2.57 bits per heavy atom. The van der Waals surface area contributed by atoms with Crippen LogP contribution in [0.3, 0.4) is 0 Å². The fraction of sp³-hybridized carbons (Fsp3) is 0.412. The molecule has 0 fully saturated rings. The minimum absolute atomic E-state index is 0.310. The monoisotopic (exact) mass is 287 g/mol. The van der Waals surface area contributed by atoms with Crippen molar-refractivity contribution < 1.29 is 4.79 Å². The third kappa shape index (κ3) is 4.45. The van der Waals surface area contributed by atoms with E-state index in [1.54, 1.807) is 0 Å². The standard InChI is InChI=1S/C17H25N3O/c1-5-8-15(17(18)12-21)10-9-14(6-2)16-11-20(7-3)19-13(16)4/h6,9-12H,5,7-8,18H2,1-4H3/b10-9-,14-6+,17-15+. The molecule has 21 heavy (non-hydrogen) atoms. The van der Waals surface area contributed by atoms with Gasteiger partial charge in [0, 0.05) is 18.3 Å². The highest BCUT2D eigenvalue weighted by molar-refractivity contribution is 5.77. The molecule has 1 heterocycles. The van der Waals surface area contributed by atoms with E-state index in [4.69, 9.17) is 5.73 Å². The zero-order valence-electron chi connectivity index (χ0n) is 13.4. The van der Waals surface area contributed by atoms with E-state index in [0.29, 0.717) is 12.0 Å². The van der Waals surface area contributed by atoms with E-state index >= 15 is 0 Å². The average molecular weight is 287 g/mol. The Labute approximate surface area is 127 Å². The van der Waals surface area contributed by atoms with E-state index in [1.165, 1.54) is 0 Å². The maximum atomic E-state index is 10.9. The van der Waals surface area contributed by atoms with Gasteiger partial charge in [0.15, 0.2) is 6.29 Å². The maximum Gasteiger partial charge on any atom is 0.165 e. The number of nitrogens with zero attached hydrogens (tertiary/aromatic N) is 2. The molecule has 0 aromatic carbocycles. The van der Waals surface area contributed by atoms with E-state index in [9.17, 15) is 4.79 Å². The molecule has 1 aromatic heterocycles. The summed E-state index contributed by atoms with van der Waals surface area (Å²) in [7, 11) is 0. The first kappa shape index (κ1) is 17.0. The second-order valence-electron chi connectivity index (χ2n) is 4.91. The van der Waals surface area contributed by atoms with Crippen LogP contribution >= 0.6 is 0 Å². The number of carbonyl (C=O) groups is 1. The van der Waals surface area contributed by atoms with Crippen molar-refractivity contribution >= 4 is 11.9 Å². The molecule has 0 saturated carbocycles. The van der Waals surface area contributed by atoms with Crippen LogP contribution in [0, 0.1) is 6.92 Å². The number of nitrogens with two attached hydrogens (primary N) is 1. The summed E-state index contributed by atoms with van der Waals surface area (Å²) in [6, 6.07) is 0. The highest BCUT2D eigenvalue weighted by atomic mass is 16.1. The third-order valence-electron chi connectivity index (χ3n) is 3.37. The molecule has 0 radical (unpaired) electrons. The van der Waals surface area contributed by atoms with Crippen LogP contribution in [-0.2, 0) is 11.3 Å².